The first kappa shape index (κ1) is 33.0. The van der Waals surface area contributed by atoms with Gasteiger partial charge in [0.15, 0.2) is 11.6 Å². The highest BCUT2D eigenvalue weighted by atomic mass is 19.4. The standard InChI is InChI=1S/C32H24F8N2O3/c1-2-41-29(44)45-27-17-21(11-12-26(27)34)30(18-19-7-4-3-5-8-19,23-14-24(32(38,39)40)16-25(33)15-23)42-28(43)20-9-6-10-22(13-20)31(35,36)37/h3-17H,2,18H2,1H3,(H,41,44)(H,42,43). The van der Waals surface area contributed by atoms with Gasteiger partial charge in [-0.05, 0) is 72.1 Å². The first-order valence-corrected chi connectivity index (χ1v) is 13.3. The number of halogens is 8. The molecule has 0 aromatic heterocycles. The summed E-state index contributed by atoms with van der Waals surface area (Å²) in [5.74, 6) is -4.26. The van der Waals surface area contributed by atoms with Crippen molar-refractivity contribution in [2.75, 3.05) is 6.54 Å². The Balaban J connectivity index is 2.01. The predicted molar refractivity (Wildman–Crippen MR) is 147 cm³/mol. The minimum atomic E-state index is -5.05. The van der Waals surface area contributed by atoms with Crippen molar-refractivity contribution in [3.8, 4) is 5.75 Å². The first-order chi connectivity index (χ1) is 21.1. The van der Waals surface area contributed by atoms with Gasteiger partial charge in [0, 0.05) is 18.5 Å². The quantitative estimate of drug-likeness (QED) is 0.193. The number of rotatable bonds is 8. The first-order valence-electron chi connectivity index (χ1n) is 13.3. The fourth-order valence-corrected chi connectivity index (χ4v) is 4.69. The fourth-order valence-electron chi connectivity index (χ4n) is 4.69. The highest BCUT2D eigenvalue weighted by Gasteiger charge is 2.41. The summed E-state index contributed by atoms with van der Waals surface area (Å²) >= 11 is 0. The maximum Gasteiger partial charge on any atom is 0.416 e. The normalized spacial score (nSPS) is 13.1. The van der Waals surface area contributed by atoms with Crippen LogP contribution in [-0.2, 0) is 24.3 Å². The number of alkyl halides is 6. The van der Waals surface area contributed by atoms with Crippen molar-refractivity contribution < 1.29 is 49.4 Å². The van der Waals surface area contributed by atoms with E-state index in [1.54, 1.807) is 37.3 Å². The minimum absolute atomic E-state index is 0.106. The maximum absolute atomic E-state index is 14.9. The lowest BCUT2D eigenvalue weighted by atomic mass is 9.77. The number of amides is 2. The second-order valence-electron chi connectivity index (χ2n) is 9.89. The lowest BCUT2D eigenvalue weighted by Gasteiger charge is -2.37. The highest BCUT2D eigenvalue weighted by Crippen LogP contribution is 2.40. The molecule has 1 unspecified atom stereocenters. The third kappa shape index (κ3) is 7.78. The van der Waals surface area contributed by atoms with Crippen molar-refractivity contribution in [2.45, 2.75) is 31.2 Å². The van der Waals surface area contributed by atoms with E-state index < -0.39 is 76.0 Å². The van der Waals surface area contributed by atoms with Crippen molar-refractivity contribution in [1.29, 1.82) is 0 Å². The van der Waals surface area contributed by atoms with Gasteiger partial charge >= 0.3 is 18.4 Å². The lowest BCUT2D eigenvalue weighted by Crippen LogP contribution is -2.49. The van der Waals surface area contributed by atoms with Crippen LogP contribution in [0, 0.1) is 11.6 Å². The Morgan fingerprint density at radius 1 is 0.711 bits per heavy atom. The van der Waals surface area contributed by atoms with E-state index in [0.717, 1.165) is 42.5 Å². The lowest BCUT2D eigenvalue weighted by molar-refractivity contribution is -0.138. The largest absolute Gasteiger partial charge is 0.416 e. The zero-order valence-corrected chi connectivity index (χ0v) is 23.3. The van der Waals surface area contributed by atoms with Crippen LogP contribution in [0.3, 0.4) is 0 Å². The summed E-state index contributed by atoms with van der Waals surface area (Å²) in [7, 11) is 0. The van der Waals surface area contributed by atoms with Crippen molar-refractivity contribution in [3.05, 3.63) is 136 Å². The van der Waals surface area contributed by atoms with Gasteiger partial charge in [-0.3, -0.25) is 4.79 Å². The molecular weight excluding hydrogens is 612 g/mol. The molecule has 2 N–H and O–H groups in total. The molecular formula is C32H24F8N2O3. The van der Waals surface area contributed by atoms with E-state index >= 15 is 0 Å². The molecule has 0 aliphatic rings. The van der Waals surface area contributed by atoms with Crippen molar-refractivity contribution >= 4 is 12.0 Å². The smallest absolute Gasteiger partial charge is 0.407 e. The maximum atomic E-state index is 14.9. The van der Waals surface area contributed by atoms with Gasteiger partial charge < -0.3 is 15.4 Å². The summed E-state index contributed by atoms with van der Waals surface area (Å²) < 4.78 is 117. The molecule has 0 spiro atoms. The molecule has 4 aromatic rings. The van der Waals surface area contributed by atoms with Crippen LogP contribution in [0.1, 0.15) is 45.1 Å². The van der Waals surface area contributed by atoms with Crippen molar-refractivity contribution in [2.24, 2.45) is 0 Å². The summed E-state index contributed by atoms with van der Waals surface area (Å²) in [5.41, 5.74) is -5.58. The average Bonchev–Trinajstić information content (AvgIpc) is 2.97. The van der Waals surface area contributed by atoms with E-state index in [1.165, 1.54) is 0 Å². The van der Waals surface area contributed by atoms with Gasteiger partial charge in [-0.1, -0.05) is 42.5 Å². The van der Waals surface area contributed by atoms with Gasteiger partial charge in [0.25, 0.3) is 5.91 Å². The van der Waals surface area contributed by atoms with E-state index in [9.17, 15) is 44.7 Å². The minimum Gasteiger partial charge on any atom is -0.407 e. The van der Waals surface area contributed by atoms with Crippen LogP contribution in [-0.4, -0.2) is 18.5 Å². The summed E-state index contributed by atoms with van der Waals surface area (Å²) in [6.07, 6.45) is -11.3. The van der Waals surface area contributed by atoms with Crippen LogP contribution >= 0.6 is 0 Å². The highest BCUT2D eigenvalue weighted by molar-refractivity contribution is 5.95. The molecule has 0 saturated heterocycles. The Kier molecular flexibility index (Phi) is 9.50. The molecule has 2 amide bonds. The van der Waals surface area contributed by atoms with Gasteiger partial charge in [0.1, 0.15) is 5.82 Å². The summed E-state index contributed by atoms with van der Waals surface area (Å²) in [4.78, 5) is 25.8. The Morgan fingerprint density at radius 2 is 1.38 bits per heavy atom. The second-order valence-corrected chi connectivity index (χ2v) is 9.89. The Labute approximate surface area is 251 Å². The second kappa shape index (κ2) is 13.0. The molecule has 0 radical (unpaired) electrons. The SMILES string of the molecule is CCNC(=O)Oc1cc(C(Cc2ccccc2)(NC(=O)c2cccc(C(F)(F)F)c2)c2cc(F)cc(C(F)(F)F)c2)ccc1F. The molecule has 0 aliphatic heterocycles. The van der Waals surface area contributed by atoms with Gasteiger partial charge in [0.05, 0.1) is 16.7 Å². The number of hydrogen-bond acceptors (Lipinski definition) is 3. The molecule has 5 nitrogen and oxygen atoms in total. The van der Waals surface area contributed by atoms with Crippen LogP contribution in [0.15, 0.2) is 91.0 Å². The van der Waals surface area contributed by atoms with Crippen LogP contribution in [0.2, 0.25) is 0 Å². The van der Waals surface area contributed by atoms with Crippen LogP contribution < -0.4 is 15.4 Å². The summed E-state index contributed by atoms with van der Waals surface area (Å²) in [6.45, 7) is 1.67. The topological polar surface area (TPSA) is 67.4 Å². The van der Waals surface area contributed by atoms with Crippen LogP contribution in [0.25, 0.3) is 0 Å². The number of carbonyl (C=O) groups excluding carboxylic acids is 2. The number of carbonyl (C=O) groups is 2. The van der Waals surface area contributed by atoms with Gasteiger partial charge in [-0.15, -0.1) is 0 Å². The molecule has 1 atom stereocenters. The molecule has 13 heteroatoms. The van der Waals surface area contributed by atoms with E-state index in [0.29, 0.717) is 17.7 Å². The molecule has 0 bridgehead atoms. The molecule has 4 rings (SSSR count). The van der Waals surface area contributed by atoms with Crippen LogP contribution in [0.4, 0.5) is 39.9 Å². The third-order valence-corrected chi connectivity index (χ3v) is 6.76. The van der Waals surface area contributed by atoms with Gasteiger partial charge in [0.2, 0.25) is 0 Å². The average molecular weight is 637 g/mol. The number of hydrogen-bond donors (Lipinski definition) is 2. The van der Waals surface area contributed by atoms with Crippen molar-refractivity contribution in [3.63, 3.8) is 0 Å². The predicted octanol–water partition coefficient (Wildman–Crippen LogP) is 8.03. The molecule has 0 fully saturated rings. The molecule has 4 aromatic carbocycles. The number of nitrogens with one attached hydrogen (secondary N) is 2. The fraction of sp³-hybridized carbons (Fsp3) is 0.188. The molecule has 0 aliphatic carbocycles. The summed E-state index contributed by atoms with van der Waals surface area (Å²) in [6, 6.07) is 15.5. The number of ether oxygens (including phenoxy) is 1. The zero-order valence-electron chi connectivity index (χ0n) is 23.3. The molecule has 0 saturated carbocycles. The van der Waals surface area contributed by atoms with E-state index in [2.05, 4.69) is 10.6 Å². The molecule has 236 valence electrons. The van der Waals surface area contributed by atoms with E-state index in [4.69, 9.17) is 4.74 Å². The van der Waals surface area contributed by atoms with E-state index in [1.807, 2.05) is 0 Å². The van der Waals surface area contributed by atoms with Gasteiger partial charge in [-0.25, -0.2) is 13.6 Å². The third-order valence-electron chi connectivity index (χ3n) is 6.76. The monoisotopic (exact) mass is 636 g/mol. The molecule has 45 heavy (non-hydrogen) atoms. The van der Waals surface area contributed by atoms with E-state index in [-0.39, 0.29) is 18.2 Å². The van der Waals surface area contributed by atoms with Crippen molar-refractivity contribution in [1.82, 2.24) is 10.6 Å². The van der Waals surface area contributed by atoms with Gasteiger partial charge in [-0.2, -0.15) is 26.3 Å². The Hall–Kier alpha value is -4.94. The number of benzene rings is 4. The van der Waals surface area contributed by atoms with Crippen LogP contribution in [0.5, 0.6) is 5.75 Å². The summed E-state index contributed by atoms with van der Waals surface area (Å²) in [5, 5.41) is 4.81. The molecule has 0 heterocycles. The Morgan fingerprint density at radius 3 is 2.02 bits per heavy atom. The Bertz CT molecular complexity index is 1690. The zero-order chi connectivity index (χ0) is 33.0.